The maximum atomic E-state index is 13.0. The number of hydrogen-bond acceptors (Lipinski definition) is 2. The molecule has 3 rings (SSSR count). The van der Waals surface area contributed by atoms with Crippen LogP contribution in [0.2, 0.25) is 5.31 Å². The summed E-state index contributed by atoms with van der Waals surface area (Å²) in [6, 6.07) is 0. The predicted octanol–water partition coefficient (Wildman–Crippen LogP) is 3.10. The Balaban J connectivity index is 2.18. The van der Waals surface area contributed by atoms with Crippen molar-refractivity contribution >= 4 is 12.9 Å². The van der Waals surface area contributed by atoms with Crippen molar-refractivity contribution in [2.24, 2.45) is 5.41 Å². The first kappa shape index (κ1) is 11.8. The highest BCUT2D eigenvalue weighted by Gasteiger charge is 2.59. The Bertz CT molecular complexity index is 289. The topological polar surface area (TPSA) is 26.3 Å². The molecular weight excluding hydrogens is 220 g/mol. The Kier molecular flexibility index (Phi) is 2.51. The summed E-state index contributed by atoms with van der Waals surface area (Å²) in [5, 5.41) is -1.46. The highest BCUT2D eigenvalue weighted by Crippen LogP contribution is 2.66. The average molecular weight is 235 g/mol. The number of methoxy groups -OCH3 is 1. The van der Waals surface area contributed by atoms with Gasteiger partial charge in [0.1, 0.15) is 0 Å². The molecule has 3 aliphatic rings. The third-order valence-electron chi connectivity index (χ3n) is 4.62. The number of fused-ring (bicyclic) bond motifs is 3. The summed E-state index contributed by atoms with van der Waals surface area (Å²) in [6.07, 6.45) is 1.31. The first-order valence-electron chi connectivity index (χ1n) is 5.63. The van der Waals surface area contributed by atoms with Crippen molar-refractivity contribution in [1.82, 2.24) is 0 Å². The van der Waals surface area contributed by atoms with Gasteiger partial charge in [-0.1, -0.05) is 24.6 Å². The maximum absolute atomic E-state index is 13.0. The molecule has 0 aromatic rings. The first-order valence-corrected chi connectivity index (χ1v) is 5.63. The van der Waals surface area contributed by atoms with Crippen molar-refractivity contribution in [2.45, 2.75) is 43.8 Å². The Hall–Kier alpha value is -0.675. The van der Waals surface area contributed by atoms with Crippen molar-refractivity contribution in [3.63, 3.8) is 0 Å². The van der Waals surface area contributed by atoms with Gasteiger partial charge in [-0.25, -0.2) is 0 Å². The van der Waals surface area contributed by atoms with Gasteiger partial charge in [-0.3, -0.25) is 4.79 Å². The van der Waals surface area contributed by atoms with Crippen LogP contribution in [-0.4, -0.2) is 20.1 Å². The molecule has 6 heteroatoms. The van der Waals surface area contributed by atoms with E-state index >= 15 is 0 Å². The van der Waals surface area contributed by atoms with Crippen LogP contribution in [0, 0.1) is 5.41 Å². The summed E-state index contributed by atoms with van der Waals surface area (Å²) in [4.78, 5) is 11.6. The molecule has 0 aromatic heterocycles. The number of ether oxygens (including phenoxy) is 1. The molecule has 0 N–H and O–H groups in total. The lowest BCUT2D eigenvalue weighted by Gasteiger charge is -2.56. The summed E-state index contributed by atoms with van der Waals surface area (Å²) in [5.74, 6) is -0.324. The number of esters is 1. The number of rotatable bonds is 2. The lowest BCUT2D eigenvalue weighted by Crippen LogP contribution is -2.50. The van der Waals surface area contributed by atoms with Gasteiger partial charge in [0.15, 0.2) is 0 Å². The van der Waals surface area contributed by atoms with E-state index in [1.165, 1.54) is 7.11 Å². The minimum Gasteiger partial charge on any atom is -0.469 e. The molecule has 3 saturated carbocycles. The monoisotopic (exact) mass is 235 g/mol. The van der Waals surface area contributed by atoms with E-state index < -0.39 is 17.7 Å². The normalized spacial score (nSPS) is 38.5. The summed E-state index contributed by atoms with van der Waals surface area (Å²) in [6.45, 7) is -4.79. The van der Waals surface area contributed by atoms with Gasteiger partial charge >= 0.3 is 12.9 Å². The fourth-order valence-electron chi connectivity index (χ4n) is 3.23. The number of hydrogen-bond donors (Lipinski definition) is 0. The molecule has 92 valence electrons. The standard InChI is InChI=1S/C10H15BF3O2/c1-16-8(15)9-2-5-10(6-3-9,7-4-9)11(12,13)14/h2-7H2,1H3/q-1. The van der Waals surface area contributed by atoms with Crippen molar-refractivity contribution in [2.75, 3.05) is 7.11 Å². The van der Waals surface area contributed by atoms with Crippen molar-refractivity contribution in [3.05, 3.63) is 0 Å². The fraction of sp³-hybridized carbons (Fsp3) is 0.900. The molecule has 2 nitrogen and oxygen atoms in total. The molecular formula is C10H15BF3O2-. The zero-order valence-electron chi connectivity index (χ0n) is 9.27. The van der Waals surface area contributed by atoms with E-state index in [9.17, 15) is 17.7 Å². The van der Waals surface area contributed by atoms with Crippen LogP contribution in [0.5, 0.6) is 0 Å². The van der Waals surface area contributed by atoms with Crippen LogP contribution in [0.3, 0.4) is 0 Å². The van der Waals surface area contributed by atoms with E-state index in [4.69, 9.17) is 4.74 Å². The molecule has 0 atom stereocenters. The van der Waals surface area contributed by atoms with Crippen LogP contribution in [0.4, 0.5) is 12.9 Å². The third kappa shape index (κ3) is 1.45. The summed E-state index contributed by atoms with van der Waals surface area (Å²) in [5.41, 5.74) is -0.613. The lowest BCUT2D eigenvalue weighted by atomic mass is 9.41. The number of carbonyl (C=O) groups is 1. The van der Waals surface area contributed by atoms with Gasteiger partial charge in [-0.2, -0.15) is 0 Å². The highest BCUT2D eigenvalue weighted by atomic mass is 19.4. The van der Waals surface area contributed by atoms with Crippen LogP contribution in [0.1, 0.15) is 38.5 Å². The fourth-order valence-corrected chi connectivity index (χ4v) is 3.23. The van der Waals surface area contributed by atoms with Gasteiger partial charge in [0.2, 0.25) is 0 Å². The van der Waals surface area contributed by atoms with Crippen LogP contribution < -0.4 is 0 Å². The number of halogens is 3. The van der Waals surface area contributed by atoms with Crippen molar-refractivity contribution in [3.8, 4) is 0 Å². The van der Waals surface area contributed by atoms with Gasteiger partial charge < -0.3 is 17.7 Å². The second kappa shape index (κ2) is 3.41. The van der Waals surface area contributed by atoms with E-state index in [1.807, 2.05) is 0 Å². The summed E-state index contributed by atoms with van der Waals surface area (Å²) < 4.78 is 43.6. The maximum Gasteiger partial charge on any atom is 0.484 e. The zero-order valence-corrected chi connectivity index (χ0v) is 9.27. The van der Waals surface area contributed by atoms with Gasteiger partial charge in [0.25, 0.3) is 0 Å². The van der Waals surface area contributed by atoms with E-state index in [0.29, 0.717) is 19.3 Å². The second-order valence-corrected chi connectivity index (χ2v) is 5.21. The minimum absolute atomic E-state index is 0.103. The Morgan fingerprint density at radius 2 is 1.50 bits per heavy atom. The molecule has 0 unspecified atom stereocenters. The van der Waals surface area contributed by atoms with Gasteiger partial charge in [-0.15, -0.1) is 0 Å². The van der Waals surface area contributed by atoms with Crippen molar-refractivity contribution in [1.29, 1.82) is 0 Å². The molecule has 0 amide bonds. The third-order valence-corrected chi connectivity index (χ3v) is 4.62. The second-order valence-electron chi connectivity index (χ2n) is 5.21. The predicted molar refractivity (Wildman–Crippen MR) is 53.9 cm³/mol. The molecule has 0 spiro atoms. The van der Waals surface area contributed by atoms with Crippen LogP contribution in [0.25, 0.3) is 0 Å². The van der Waals surface area contributed by atoms with E-state index in [-0.39, 0.29) is 25.2 Å². The van der Waals surface area contributed by atoms with Gasteiger partial charge in [0, 0.05) is 0 Å². The van der Waals surface area contributed by atoms with Crippen LogP contribution >= 0.6 is 0 Å². The molecule has 3 fully saturated rings. The molecule has 3 aliphatic carbocycles. The zero-order chi connectivity index (χ0) is 12.0. The van der Waals surface area contributed by atoms with Crippen LogP contribution in [-0.2, 0) is 9.53 Å². The van der Waals surface area contributed by atoms with E-state index in [1.54, 1.807) is 0 Å². The number of carbonyl (C=O) groups excluding carboxylic acids is 1. The summed E-state index contributed by atoms with van der Waals surface area (Å²) >= 11 is 0. The smallest absolute Gasteiger partial charge is 0.469 e. The molecule has 0 aromatic carbocycles. The van der Waals surface area contributed by atoms with Gasteiger partial charge in [-0.05, 0) is 19.3 Å². The largest absolute Gasteiger partial charge is 0.484 e. The molecule has 16 heavy (non-hydrogen) atoms. The Morgan fingerprint density at radius 3 is 1.81 bits per heavy atom. The van der Waals surface area contributed by atoms with E-state index in [0.717, 1.165) is 0 Å². The highest BCUT2D eigenvalue weighted by molar-refractivity contribution is 6.62. The average Bonchev–Trinajstić information content (AvgIpc) is 2.29. The van der Waals surface area contributed by atoms with E-state index in [2.05, 4.69) is 0 Å². The molecule has 2 bridgehead atoms. The molecule has 0 heterocycles. The van der Waals surface area contributed by atoms with Crippen molar-refractivity contribution < 1.29 is 22.5 Å². The minimum atomic E-state index is -4.79. The summed E-state index contributed by atoms with van der Waals surface area (Å²) in [7, 11) is 1.31. The quantitative estimate of drug-likeness (QED) is 0.543. The molecule has 0 aliphatic heterocycles. The van der Waals surface area contributed by atoms with Gasteiger partial charge in [0.05, 0.1) is 12.5 Å². The Labute approximate surface area is 92.6 Å². The SMILES string of the molecule is COC(=O)C12CCC([B-](F)(F)F)(CC1)CC2. The Morgan fingerprint density at radius 1 is 1.06 bits per heavy atom. The lowest BCUT2D eigenvalue weighted by molar-refractivity contribution is -0.159. The molecule has 0 saturated heterocycles. The first-order chi connectivity index (χ1) is 7.35. The molecule has 0 radical (unpaired) electrons. The van der Waals surface area contributed by atoms with Crippen LogP contribution in [0.15, 0.2) is 0 Å².